The SMILES string of the molecule is O=[N+]([O-])c1cc(I)ccc1NCC(O)C(F)F. The van der Waals surface area contributed by atoms with Gasteiger partial charge in [-0.1, -0.05) is 0 Å². The molecule has 5 nitrogen and oxygen atoms in total. The van der Waals surface area contributed by atoms with Gasteiger partial charge in [0.1, 0.15) is 11.8 Å². The summed E-state index contributed by atoms with van der Waals surface area (Å²) in [6.07, 6.45) is -4.74. The number of nitrogens with zero attached hydrogens (tertiary/aromatic N) is 1. The number of nitro groups is 1. The average Bonchev–Trinajstić information content (AvgIpc) is 2.26. The first-order chi connectivity index (χ1) is 7.91. The number of nitrogens with one attached hydrogen (secondary N) is 1. The highest BCUT2D eigenvalue weighted by Crippen LogP contribution is 2.26. The van der Waals surface area contributed by atoms with E-state index in [0.717, 1.165) is 0 Å². The van der Waals surface area contributed by atoms with Gasteiger partial charge in [-0.3, -0.25) is 10.1 Å². The van der Waals surface area contributed by atoms with Crippen LogP contribution in [0.4, 0.5) is 20.2 Å². The third kappa shape index (κ3) is 4.04. The molecule has 0 saturated carbocycles. The molecule has 0 bridgehead atoms. The fourth-order valence-corrected chi connectivity index (χ4v) is 1.58. The van der Waals surface area contributed by atoms with E-state index >= 15 is 0 Å². The third-order valence-corrected chi connectivity index (χ3v) is 2.62. The zero-order valence-corrected chi connectivity index (χ0v) is 10.6. The van der Waals surface area contributed by atoms with E-state index in [2.05, 4.69) is 5.32 Å². The normalized spacial score (nSPS) is 12.5. The monoisotopic (exact) mass is 358 g/mol. The summed E-state index contributed by atoms with van der Waals surface area (Å²) in [5.74, 6) is 0. The van der Waals surface area contributed by atoms with E-state index in [9.17, 15) is 18.9 Å². The number of hydrogen-bond donors (Lipinski definition) is 2. The van der Waals surface area contributed by atoms with Crippen LogP contribution in [0.2, 0.25) is 0 Å². The average molecular weight is 358 g/mol. The van der Waals surface area contributed by atoms with Gasteiger partial charge in [0.25, 0.3) is 12.1 Å². The summed E-state index contributed by atoms with van der Waals surface area (Å²) < 4.78 is 24.7. The van der Waals surface area contributed by atoms with Crippen molar-refractivity contribution in [2.75, 3.05) is 11.9 Å². The largest absolute Gasteiger partial charge is 0.385 e. The second-order valence-corrected chi connectivity index (χ2v) is 4.45. The first-order valence-electron chi connectivity index (χ1n) is 4.56. The first kappa shape index (κ1) is 14.0. The van der Waals surface area contributed by atoms with E-state index in [4.69, 9.17) is 5.11 Å². The van der Waals surface area contributed by atoms with Crippen molar-refractivity contribution in [2.45, 2.75) is 12.5 Å². The minimum absolute atomic E-state index is 0.107. The van der Waals surface area contributed by atoms with Gasteiger partial charge in [-0.15, -0.1) is 0 Å². The van der Waals surface area contributed by atoms with Gasteiger partial charge in [0, 0.05) is 16.2 Å². The van der Waals surface area contributed by atoms with Crippen LogP contribution in [-0.4, -0.2) is 29.1 Å². The van der Waals surface area contributed by atoms with Gasteiger partial charge >= 0.3 is 0 Å². The number of aliphatic hydroxyl groups is 1. The summed E-state index contributed by atoms with van der Waals surface area (Å²) in [7, 11) is 0. The molecule has 17 heavy (non-hydrogen) atoms. The van der Waals surface area contributed by atoms with Crippen molar-refractivity contribution in [3.8, 4) is 0 Å². The van der Waals surface area contributed by atoms with E-state index in [1.165, 1.54) is 12.1 Å². The maximum Gasteiger partial charge on any atom is 0.293 e. The molecule has 0 fully saturated rings. The quantitative estimate of drug-likeness (QED) is 0.481. The fraction of sp³-hybridized carbons (Fsp3) is 0.333. The molecule has 0 radical (unpaired) electrons. The lowest BCUT2D eigenvalue weighted by Gasteiger charge is -2.11. The van der Waals surface area contributed by atoms with Gasteiger partial charge in [-0.25, -0.2) is 8.78 Å². The van der Waals surface area contributed by atoms with Crippen molar-refractivity contribution in [1.29, 1.82) is 0 Å². The van der Waals surface area contributed by atoms with Crippen LogP contribution in [0.1, 0.15) is 0 Å². The smallest absolute Gasteiger partial charge is 0.293 e. The number of aliphatic hydroxyl groups excluding tert-OH is 1. The predicted molar refractivity (Wildman–Crippen MR) is 66.3 cm³/mol. The summed E-state index contributed by atoms with van der Waals surface area (Å²) in [4.78, 5) is 10.1. The zero-order valence-electron chi connectivity index (χ0n) is 8.44. The number of benzene rings is 1. The highest BCUT2D eigenvalue weighted by Gasteiger charge is 2.19. The van der Waals surface area contributed by atoms with Crippen molar-refractivity contribution in [2.24, 2.45) is 0 Å². The Labute approximate surface area is 109 Å². The number of rotatable bonds is 5. The van der Waals surface area contributed by atoms with E-state index in [1.54, 1.807) is 6.07 Å². The highest BCUT2D eigenvalue weighted by atomic mass is 127. The van der Waals surface area contributed by atoms with Crippen LogP contribution in [0, 0.1) is 13.7 Å². The lowest BCUT2D eigenvalue weighted by molar-refractivity contribution is -0.384. The molecule has 1 atom stereocenters. The van der Waals surface area contributed by atoms with Gasteiger partial charge in [0.15, 0.2) is 0 Å². The van der Waals surface area contributed by atoms with Crippen LogP contribution < -0.4 is 5.32 Å². The molecule has 2 N–H and O–H groups in total. The number of anilines is 1. The summed E-state index contributed by atoms with van der Waals surface area (Å²) in [6.45, 7) is -0.445. The summed E-state index contributed by atoms with van der Waals surface area (Å²) in [5, 5.41) is 22.0. The van der Waals surface area contributed by atoms with Crippen LogP contribution in [0.25, 0.3) is 0 Å². The molecule has 0 saturated heterocycles. The van der Waals surface area contributed by atoms with Crippen LogP contribution in [0.3, 0.4) is 0 Å². The Morgan fingerprint density at radius 3 is 2.71 bits per heavy atom. The van der Waals surface area contributed by atoms with E-state index in [-0.39, 0.29) is 11.4 Å². The van der Waals surface area contributed by atoms with Gasteiger partial charge < -0.3 is 10.4 Å². The number of alkyl halides is 2. The van der Waals surface area contributed by atoms with Crippen LogP contribution in [-0.2, 0) is 0 Å². The zero-order chi connectivity index (χ0) is 13.0. The molecular formula is C9H9F2IN2O3. The van der Waals surface area contributed by atoms with Gasteiger partial charge in [0.2, 0.25) is 0 Å². The molecule has 0 heterocycles. The Morgan fingerprint density at radius 2 is 2.18 bits per heavy atom. The minimum Gasteiger partial charge on any atom is -0.385 e. The molecule has 0 aliphatic rings. The van der Waals surface area contributed by atoms with Crippen molar-refractivity contribution < 1.29 is 18.8 Å². The number of halogens is 3. The Hall–Kier alpha value is -1.03. The maximum absolute atomic E-state index is 12.0. The Morgan fingerprint density at radius 1 is 1.53 bits per heavy atom. The van der Waals surface area contributed by atoms with Gasteiger partial charge in [-0.05, 0) is 34.7 Å². The lowest BCUT2D eigenvalue weighted by Crippen LogP contribution is -2.27. The molecule has 94 valence electrons. The summed E-state index contributed by atoms with van der Waals surface area (Å²) >= 11 is 1.91. The van der Waals surface area contributed by atoms with Gasteiger partial charge in [-0.2, -0.15) is 0 Å². The van der Waals surface area contributed by atoms with E-state index in [1.807, 2.05) is 22.6 Å². The molecule has 1 unspecified atom stereocenters. The molecule has 1 aromatic carbocycles. The van der Waals surface area contributed by atoms with Gasteiger partial charge in [0.05, 0.1) is 4.92 Å². The fourth-order valence-electron chi connectivity index (χ4n) is 1.11. The Bertz CT molecular complexity index is 417. The Kier molecular flexibility index (Phi) is 5.00. The molecule has 8 heteroatoms. The highest BCUT2D eigenvalue weighted by molar-refractivity contribution is 14.1. The molecule has 0 amide bonds. The minimum atomic E-state index is -2.88. The predicted octanol–water partition coefficient (Wildman–Crippen LogP) is 2.24. The molecular weight excluding hydrogens is 349 g/mol. The topological polar surface area (TPSA) is 75.4 Å². The second-order valence-electron chi connectivity index (χ2n) is 3.20. The van der Waals surface area contributed by atoms with Crippen molar-refractivity contribution in [1.82, 2.24) is 0 Å². The van der Waals surface area contributed by atoms with Crippen LogP contribution >= 0.6 is 22.6 Å². The number of nitro benzene ring substituents is 1. The molecule has 1 aromatic rings. The van der Waals surface area contributed by atoms with E-state index < -0.39 is 24.0 Å². The standard InChI is InChI=1S/C9H9F2IN2O3/c10-9(11)8(15)4-13-6-2-1-5(12)3-7(6)14(16)17/h1-3,8-9,13,15H,4H2. The first-order valence-corrected chi connectivity index (χ1v) is 5.63. The second kappa shape index (κ2) is 6.05. The third-order valence-electron chi connectivity index (χ3n) is 1.95. The molecule has 0 aromatic heterocycles. The summed E-state index contributed by atoms with van der Waals surface area (Å²) in [5.41, 5.74) is -0.103. The van der Waals surface area contributed by atoms with Crippen LogP contribution in [0.5, 0.6) is 0 Å². The molecule has 1 rings (SSSR count). The van der Waals surface area contributed by atoms with Crippen molar-refractivity contribution >= 4 is 34.0 Å². The van der Waals surface area contributed by atoms with Crippen molar-refractivity contribution in [3.63, 3.8) is 0 Å². The van der Waals surface area contributed by atoms with Crippen LogP contribution in [0.15, 0.2) is 18.2 Å². The molecule has 0 aliphatic carbocycles. The molecule has 0 aliphatic heterocycles. The molecule has 0 spiro atoms. The van der Waals surface area contributed by atoms with Crippen molar-refractivity contribution in [3.05, 3.63) is 31.9 Å². The number of hydrogen-bond acceptors (Lipinski definition) is 4. The lowest BCUT2D eigenvalue weighted by atomic mass is 10.2. The maximum atomic E-state index is 12.0. The Balaban J connectivity index is 2.80. The van der Waals surface area contributed by atoms with E-state index in [0.29, 0.717) is 3.57 Å². The summed E-state index contributed by atoms with van der Waals surface area (Å²) in [6, 6.07) is 4.33.